The maximum Gasteiger partial charge on any atom is 0.289 e. The number of rotatable bonds is 2. The summed E-state index contributed by atoms with van der Waals surface area (Å²) in [5.74, 6) is -0.617. The Balaban J connectivity index is 3.22. The molecule has 1 aliphatic carbocycles. The van der Waals surface area contributed by atoms with Crippen molar-refractivity contribution in [3.8, 4) is 0 Å². The highest BCUT2D eigenvalue weighted by Gasteiger charge is 2.44. The van der Waals surface area contributed by atoms with Crippen molar-refractivity contribution in [3.05, 3.63) is 37.0 Å². The van der Waals surface area contributed by atoms with Gasteiger partial charge < -0.3 is 0 Å². The summed E-state index contributed by atoms with van der Waals surface area (Å²) in [5, 5.41) is 0. The van der Waals surface area contributed by atoms with Gasteiger partial charge in [0, 0.05) is 5.92 Å². The van der Waals surface area contributed by atoms with Crippen molar-refractivity contribution < 1.29 is 13.0 Å². The molecule has 0 fully saturated rings. The van der Waals surface area contributed by atoms with Crippen molar-refractivity contribution in [2.45, 2.75) is 4.21 Å². The zero-order valence-electron chi connectivity index (χ0n) is 6.72. The topological polar surface area (TPSA) is 54.4 Å². The van der Waals surface area contributed by atoms with E-state index in [9.17, 15) is 8.42 Å². The maximum atomic E-state index is 11.0. The molecule has 0 saturated heterocycles. The van der Waals surface area contributed by atoms with Gasteiger partial charge in [0.1, 0.15) is 0 Å². The third kappa shape index (κ3) is 1.70. The van der Waals surface area contributed by atoms with E-state index in [2.05, 4.69) is 6.58 Å². The normalized spacial score (nSPS) is 33.2. The first kappa shape index (κ1) is 10.5. The highest BCUT2D eigenvalue weighted by Crippen LogP contribution is 2.36. The van der Waals surface area contributed by atoms with Gasteiger partial charge in [0.15, 0.2) is 4.21 Å². The molecule has 0 heterocycles. The molecule has 0 aromatic heterocycles. The van der Waals surface area contributed by atoms with Crippen LogP contribution in [0.1, 0.15) is 0 Å². The lowest BCUT2D eigenvalue weighted by atomic mass is 10.0. The summed E-state index contributed by atoms with van der Waals surface area (Å²) in [6.07, 6.45) is 7.30. The van der Waals surface area contributed by atoms with E-state index in [0.717, 1.165) is 0 Å². The van der Waals surface area contributed by atoms with Crippen molar-refractivity contribution in [2.75, 3.05) is 0 Å². The van der Waals surface area contributed by atoms with E-state index in [1.807, 2.05) is 0 Å². The fourth-order valence-corrected chi connectivity index (χ4v) is 2.11. The summed E-state index contributed by atoms with van der Waals surface area (Å²) in [5.41, 5.74) is 0. The van der Waals surface area contributed by atoms with Crippen LogP contribution in [0.3, 0.4) is 0 Å². The fraction of sp³-hybridized carbons (Fsp3) is 0.250. The van der Waals surface area contributed by atoms with Crippen LogP contribution in [0.15, 0.2) is 37.0 Å². The van der Waals surface area contributed by atoms with E-state index in [1.54, 1.807) is 12.2 Å². The monoisotopic (exact) mass is 220 g/mol. The highest BCUT2D eigenvalue weighted by molar-refractivity contribution is 7.88. The third-order valence-corrected chi connectivity index (χ3v) is 4.02. The molecule has 13 heavy (non-hydrogen) atoms. The first-order chi connectivity index (χ1) is 5.92. The highest BCUT2D eigenvalue weighted by atomic mass is 35.5. The van der Waals surface area contributed by atoms with Crippen LogP contribution in [-0.4, -0.2) is 17.2 Å². The molecule has 0 radical (unpaired) electrons. The van der Waals surface area contributed by atoms with E-state index in [1.165, 1.54) is 18.2 Å². The molecule has 0 amide bonds. The van der Waals surface area contributed by atoms with E-state index >= 15 is 0 Å². The predicted octanol–water partition coefficient (Wildman–Crippen LogP) is 1.74. The Labute approximate surface area is 82.2 Å². The minimum atomic E-state index is -4.33. The van der Waals surface area contributed by atoms with Crippen molar-refractivity contribution in [2.24, 2.45) is 5.92 Å². The summed E-state index contributed by atoms with van der Waals surface area (Å²) < 4.78 is 29.0. The minimum absolute atomic E-state index is 0.617. The van der Waals surface area contributed by atoms with E-state index in [4.69, 9.17) is 16.2 Å². The lowest BCUT2D eigenvalue weighted by molar-refractivity contribution is 0.459. The molecular formula is C8H9ClO3S. The van der Waals surface area contributed by atoms with Crippen molar-refractivity contribution in [1.29, 1.82) is 0 Å². The smallest absolute Gasteiger partial charge is 0.284 e. The summed E-state index contributed by atoms with van der Waals surface area (Å²) in [7, 11) is -4.33. The number of hydrogen-bond donors (Lipinski definition) is 1. The van der Waals surface area contributed by atoms with Crippen molar-refractivity contribution in [1.82, 2.24) is 0 Å². The van der Waals surface area contributed by atoms with E-state index in [0.29, 0.717) is 0 Å². The lowest BCUT2D eigenvalue weighted by Gasteiger charge is -2.27. The average Bonchev–Trinajstić information content (AvgIpc) is 2.03. The fourth-order valence-electron chi connectivity index (χ4n) is 1.11. The van der Waals surface area contributed by atoms with Gasteiger partial charge in [0.2, 0.25) is 0 Å². The number of alkyl halides is 1. The van der Waals surface area contributed by atoms with Crippen LogP contribution in [0.4, 0.5) is 0 Å². The van der Waals surface area contributed by atoms with Crippen molar-refractivity contribution in [3.63, 3.8) is 0 Å². The van der Waals surface area contributed by atoms with Gasteiger partial charge in [-0.2, -0.15) is 8.42 Å². The molecule has 1 rings (SSSR count). The van der Waals surface area contributed by atoms with Gasteiger partial charge >= 0.3 is 0 Å². The van der Waals surface area contributed by atoms with Crippen molar-refractivity contribution >= 4 is 21.7 Å². The summed E-state index contributed by atoms with van der Waals surface area (Å²) in [6, 6.07) is 0. The SMILES string of the molecule is C=CC1C=CC=CC1(Cl)S(=O)(=O)O. The molecule has 3 nitrogen and oxygen atoms in total. The van der Waals surface area contributed by atoms with Gasteiger partial charge in [-0.3, -0.25) is 4.55 Å². The molecule has 0 bridgehead atoms. The van der Waals surface area contributed by atoms with Crippen LogP contribution in [0, 0.1) is 5.92 Å². The van der Waals surface area contributed by atoms with Gasteiger partial charge in [-0.1, -0.05) is 35.9 Å². The number of allylic oxidation sites excluding steroid dienone is 4. The summed E-state index contributed by atoms with van der Waals surface area (Å²) in [6.45, 7) is 3.45. The summed E-state index contributed by atoms with van der Waals surface area (Å²) in [4.78, 5) is 0. The molecule has 2 atom stereocenters. The van der Waals surface area contributed by atoms with Crippen LogP contribution >= 0.6 is 11.6 Å². The molecule has 0 aromatic carbocycles. The van der Waals surface area contributed by atoms with Gasteiger partial charge in [-0.25, -0.2) is 0 Å². The Morgan fingerprint density at radius 3 is 2.54 bits per heavy atom. The number of hydrogen-bond acceptors (Lipinski definition) is 2. The Morgan fingerprint density at radius 2 is 2.15 bits per heavy atom. The first-order valence-corrected chi connectivity index (χ1v) is 5.38. The van der Waals surface area contributed by atoms with Crippen LogP contribution in [-0.2, 0) is 10.1 Å². The zero-order chi connectivity index (χ0) is 10.1. The molecule has 1 aliphatic rings. The largest absolute Gasteiger partial charge is 0.289 e. The number of halogens is 1. The lowest BCUT2D eigenvalue weighted by Crippen LogP contribution is -2.37. The zero-order valence-corrected chi connectivity index (χ0v) is 8.29. The predicted molar refractivity (Wildman–Crippen MR) is 52.1 cm³/mol. The molecule has 0 saturated carbocycles. The molecule has 0 aliphatic heterocycles. The Morgan fingerprint density at radius 1 is 1.54 bits per heavy atom. The molecular weight excluding hydrogens is 212 g/mol. The Hall–Kier alpha value is -0.580. The Kier molecular flexibility index (Phi) is 2.66. The molecule has 0 aromatic rings. The van der Waals surface area contributed by atoms with E-state index in [-0.39, 0.29) is 0 Å². The minimum Gasteiger partial charge on any atom is -0.284 e. The van der Waals surface area contributed by atoms with Gasteiger partial charge in [-0.05, 0) is 6.08 Å². The maximum absolute atomic E-state index is 11.0. The second-order valence-corrected chi connectivity index (χ2v) is 5.15. The molecule has 0 spiro atoms. The van der Waals surface area contributed by atoms with Crippen LogP contribution in [0.2, 0.25) is 0 Å². The van der Waals surface area contributed by atoms with Gasteiger partial charge in [-0.15, -0.1) is 6.58 Å². The third-order valence-electron chi connectivity index (χ3n) is 1.86. The molecule has 2 unspecified atom stereocenters. The molecule has 1 N–H and O–H groups in total. The Bertz CT molecular complexity index is 369. The van der Waals surface area contributed by atoms with Crippen LogP contribution in [0.5, 0.6) is 0 Å². The first-order valence-electron chi connectivity index (χ1n) is 3.56. The molecule has 72 valence electrons. The van der Waals surface area contributed by atoms with Gasteiger partial charge in [0.05, 0.1) is 0 Å². The quantitative estimate of drug-likeness (QED) is 0.438. The van der Waals surface area contributed by atoms with Crippen LogP contribution in [0.25, 0.3) is 0 Å². The molecule has 5 heteroatoms. The average molecular weight is 221 g/mol. The van der Waals surface area contributed by atoms with E-state index < -0.39 is 20.2 Å². The standard InChI is InChI=1S/C8H9ClO3S/c1-2-7-5-3-4-6-8(7,9)13(10,11)12/h2-7H,1H2,(H,10,11,12). The van der Waals surface area contributed by atoms with Crippen LogP contribution < -0.4 is 0 Å². The van der Waals surface area contributed by atoms with Gasteiger partial charge in [0.25, 0.3) is 10.1 Å². The second-order valence-electron chi connectivity index (χ2n) is 2.68. The summed E-state index contributed by atoms with van der Waals surface area (Å²) >= 11 is 5.77. The second kappa shape index (κ2) is 3.29.